The van der Waals surface area contributed by atoms with Gasteiger partial charge >= 0.3 is 0 Å². The van der Waals surface area contributed by atoms with E-state index in [-0.39, 0.29) is 11.5 Å². The van der Waals surface area contributed by atoms with Gasteiger partial charge in [-0.1, -0.05) is 65.4 Å². The Morgan fingerprint density at radius 2 is 1.57 bits per heavy atom. The van der Waals surface area contributed by atoms with Crippen molar-refractivity contribution in [3.05, 3.63) is 149 Å². The van der Waals surface area contributed by atoms with Crippen LogP contribution in [0.2, 0.25) is 0 Å². The average Bonchev–Trinajstić information content (AvgIpc) is 3.38. The molecule has 9 heteroatoms. The van der Waals surface area contributed by atoms with Gasteiger partial charge in [0.2, 0.25) is 0 Å². The lowest BCUT2D eigenvalue weighted by Gasteiger charge is -2.26. The first-order valence-corrected chi connectivity index (χ1v) is 16.8. The highest BCUT2D eigenvalue weighted by molar-refractivity contribution is 7.07. The molecule has 0 bridgehead atoms. The van der Waals surface area contributed by atoms with Crippen molar-refractivity contribution in [3.8, 4) is 17.2 Å². The summed E-state index contributed by atoms with van der Waals surface area (Å²) in [4.78, 5) is 33.4. The second-order valence-corrected chi connectivity index (χ2v) is 13.2. The smallest absolute Gasteiger partial charge is 0.271 e. The van der Waals surface area contributed by atoms with Gasteiger partial charge in [-0.2, -0.15) is 0 Å². The molecule has 1 N–H and O–H groups in total. The molecule has 1 amide bonds. The molecule has 4 aromatic carbocycles. The summed E-state index contributed by atoms with van der Waals surface area (Å²) in [6.45, 7) is 10.4. The largest absolute Gasteiger partial charge is 0.496 e. The number of benzene rings is 4. The Kier molecular flexibility index (Phi) is 9.56. The summed E-state index contributed by atoms with van der Waals surface area (Å²) in [6.07, 6.45) is 1.82. The van der Waals surface area contributed by atoms with E-state index >= 15 is 0 Å². The maximum absolute atomic E-state index is 14.3. The van der Waals surface area contributed by atoms with Crippen molar-refractivity contribution in [2.75, 3.05) is 19.5 Å². The van der Waals surface area contributed by atoms with E-state index in [1.54, 1.807) is 25.7 Å². The van der Waals surface area contributed by atoms with Crippen molar-refractivity contribution in [3.63, 3.8) is 0 Å². The molecule has 0 fully saturated rings. The molecule has 1 aliphatic heterocycles. The van der Waals surface area contributed by atoms with Gasteiger partial charge in [-0.3, -0.25) is 14.2 Å². The van der Waals surface area contributed by atoms with E-state index in [1.807, 2.05) is 79.7 Å². The molecule has 8 nitrogen and oxygen atoms in total. The van der Waals surface area contributed by atoms with Crippen molar-refractivity contribution >= 4 is 29.0 Å². The predicted molar refractivity (Wildman–Crippen MR) is 195 cm³/mol. The highest BCUT2D eigenvalue weighted by Crippen LogP contribution is 2.34. The number of aromatic nitrogens is 1. The Bertz CT molecular complexity index is 2260. The number of carbonyl (C=O) groups is 1. The third kappa shape index (κ3) is 6.80. The van der Waals surface area contributed by atoms with Crippen molar-refractivity contribution < 1.29 is 19.0 Å². The minimum atomic E-state index is -0.726. The van der Waals surface area contributed by atoms with Crippen LogP contribution in [0.5, 0.6) is 17.2 Å². The maximum Gasteiger partial charge on any atom is 0.271 e. The lowest BCUT2D eigenvalue weighted by Crippen LogP contribution is -2.40. The Balaban J connectivity index is 1.39. The minimum Gasteiger partial charge on any atom is -0.496 e. The van der Waals surface area contributed by atoms with Gasteiger partial charge < -0.3 is 19.5 Å². The molecule has 0 spiro atoms. The number of amides is 1. The van der Waals surface area contributed by atoms with Crippen LogP contribution in [0.1, 0.15) is 51.9 Å². The molecule has 0 unspecified atom stereocenters. The Morgan fingerprint density at radius 3 is 2.27 bits per heavy atom. The topological polar surface area (TPSA) is 91.2 Å². The third-order valence-corrected chi connectivity index (χ3v) is 9.73. The minimum absolute atomic E-state index is 0.254. The number of nitrogens with one attached hydrogen (secondary N) is 1. The molecule has 1 atom stereocenters. The number of para-hydroxylation sites is 1. The summed E-state index contributed by atoms with van der Waals surface area (Å²) < 4.78 is 19.6. The first-order valence-electron chi connectivity index (χ1n) is 16.0. The van der Waals surface area contributed by atoms with Crippen LogP contribution in [0.15, 0.2) is 99.9 Å². The van der Waals surface area contributed by atoms with Gasteiger partial charge in [0.25, 0.3) is 11.5 Å². The summed E-state index contributed by atoms with van der Waals surface area (Å²) in [5.74, 6) is 1.50. The van der Waals surface area contributed by atoms with Gasteiger partial charge in [0, 0.05) is 5.69 Å². The fourth-order valence-electron chi connectivity index (χ4n) is 6.29. The zero-order chi connectivity index (χ0) is 34.8. The van der Waals surface area contributed by atoms with Crippen LogP contribution < -0.4 is 34.4 Å². The molecule has 0 saturated carbocycles. The normalized spacial score (nSPS) is 14.3. The quantitative estimate of drug-likeness (QED) is 0.188. The van der Waals surface area contributed by atoms with E-state index in [0.717, 1.165) is 22.3 Å². The zero-order valence-corrected chi connectivity index (χ0v) is 29.5. The summed E-state index contributed by atoms with van der Waals surface area (Å²) in [5, 5.41) is 2.99. The van der Waals surface area contributed by atoms with E-state index in [9.17, 15) is 9.59 Å². The van der Waals surface area contributed by atoms with Gasteiger partial charge in [-0.25, -0.2) is 4.99 Å². The number of ether oxygens (including phenoxy) is 3. The first kappa shape index (κ1) is 33.5. The Hall–Kier alpha value is -5.41. The van der Waals surface area contributed by atoms with Gasteiger partial charge in [0.05, 0.1) is 36.1 Å². The maximum atomic E-state index is 14.3. The molecule has 6 rings (SSSR count). The lowest BCUT2D eigenvalue weighted by atomic mass is 9.94. The number of rotatable bonds is 9. The monoisotopic (exact) mass is 673 g/mol. The van der Waals surface area contributed by atoms with Crippen LogP contribution in [0, 0.1) is 27.7 Å². The second-order valence-electron chi connectivity index (χ2n) is 12.2. The Morgan fingerprint density at radius 1 is 0.857 bits per heavy atom. The average molecular weight is 674 g/mol. The lowest BCUT2D eigenvalue weighted by molar-refractivity contribution is -0.113. The number of fused-ring (bicyclic) bond motifs is 1. The molecule has 250 valence electrons. The molecule has 1 aromatic heterocycles. The number of anilines is 1. The SMILES string of the molecule is COc1cc([C@@H]2C(C(=O)Nc3ccccc3)=C(C)N=c3s/c(=C\c4ccc(OCc5c(C)cc(C)cc5C)c(OC)c4)c(=O)n32)ccc1C. The predicted octanol–water partition coefficient (Wildman–Crippen LogP) is 6.70. The van der Waals surface area contributed by atoms with Gasteiger partial charge in [0.1, 0.15) is 12.4 Å². The van der Waals surface area contributed by atoms with E-state index in [2.05, 4.69) is 38.2 Å². The number of methoxy groups -OCH3 is 2. The number of carbonyl (C=O) groups excluding carboxylic acids is 1. The van der Waals surface area contributed by atoms with Crippen LogP contribution in [-0.2, 0) is 11.4 Å². The van der Waals surface area contributed by atoms with Crippen LogP contribution in [0.4, 0.5) is 5.69 Å². The number of hydrogen-bond acceptors (Lipinski definition) is 7. The number of allylic oxidation sites excluding steroid dienone is 1. The second kappa shape index (κ2) is 14.0. The standard InChI is InChI=1S/C40H39N3O5S/c1-23-17-25(3)31(26(4)18-23)22-48-32-16-14-28(19-34(32)47-7)20-35-39(45)43-37(29-15-13-24(2)33(21-29)46-6)36(27(5)41-40(43)49-35)38(44)42-30-11-9-8-10-12-30/h8-21,37H,22H2,1-7H3,(H,42,44)/b35-20-/t37-/m1/s1. The highest BCUT2D eigenvalue weighted by atomic mass is 32.1. The zero-order valence-electron chi connectivity index (χ0n) is 28.7. The molecular formula is C40H39N3O5S. The van der Waals surface area contributed by atoms with Crippen LogP contribution in [-0.4, -0.2) is 24.7 Å². The molecule has 0 saturated heterocycles. The fourth-order valence-corrected chi connectivity index (χ4v) is 7.33. The molecule has 1 aliphatic rings. The first-order chi connectivity index (χ1) is 23.6. The number of hydrogen-bond donors (Lipinski definition) is 1. The Labute approximate surface area is 289 Å². The van der Waals surface area contributed by atoms with Crippen molar-refractivity contribution in [1.29, 1.82) is 0 Å². The summed E-state index contributed by atoms with van der Waals surface area (Å²) >= 11 is 1.28. The molecule has 49 heavy (non-hydrogen) atoms. The number of thiazole rings is 1. The van der Waals surface area contributed by atoms with E-state index in [1.165, 1.54) is 28.0 Å². The molecule has 2 heterocycles. The third-order valence-electron chi connectivity index (χ3n) is 8.74. The van der Waals surface area contributed by atoms with Crippen LogP contribution in [0.25, 0.3) is 6.08 Å². The van der Waals surface area contributed by atoms with Gasteiger partial charge in [-0.15, -0.1) is 0 Å². The van der Waals surface area contributed by atoms with Crippen molar-refractivity contribution in [2.45, 2.75) is 47.3 Å². The number of nitrogens with zero attached hydrogens (tertiary/aromatic N) is 2. The summed E-state index contributed by atoms with van der Waals surface area (Å²) in [5.41, 5.74) is 8.50. The van der Waals surface area contributed by atoms with E-state index in [0.29, 0.717) is 50.1 Å². The summed E-state index contributed by atoms with van der Waals surface area (Å²) in [6, 6.07) is 24.2. The van der Waals surface area contributed by atoms with E-state index < -0.39 is 6.04 Å². The fraction of sp³-hybridized carbons (Fsp3) is 0.225. The molecule has 5 aromatic rings. The summed E-state index contributed by atoms with van der Waals surface area (Å²) in [7, 11) is 3.21. The van der Waals surface area contributed by atoms with Gasteiger partial charge in [0.15, 0.2) is 16.3 Å². The van der Waals surface area contributed by atoms with Crippen LogP contribution in [0.3, 0.4) is 0 Å². The van der Waals surface area contributed by atoms with Crippen LogP contribution >= 0.6 is 11.3 Å². The van der Waals surface area contributed by atoms with Crippen molar-refractivity contribution in [1.82, 2.24) is 4.57 Å². The van der Waals surface area contributed by atoms with Gasteiger partial charge in [-0.05, 0) is 104 Å². The molecular weight excluding hydrogens is 635 g/mol. The number of aryl methyl sites for hydroxylation is 4. The van der Waals surface area contributed by atoms with Crippen molar-refractivity contribution in [2.24, 2.45) is 4.99 Å². The molecule has 0 aliphatic carbocycles. The van der Waals surface area contributed by atoms with E-state index in [4.69, 9.17) is 19.2 Å². The highest BCUT2D eigenvalue weighted by Gasteiger charge is 2.33. The molecule has 0 radical (unpaired) electrons.